The van der Waals surface area contributed by atoms with Gasteiger partial charge < -0.3 is 15.0 Å². The van der Waals surface area contributed by atoms with Crippen LogP contribution in [0.5, 0.6) is 5.75 Å². The second-order valence-electron chi connectivity index (χ2n) is 7.93. The molecule has 0 aliphatic carbocycles. The molecular formula is C24H29FN2O3. The van der Waals surface area contributed by atoms with Gasteiger partial charge in [-0.2, -0.15) is 0 Å². The number of benzene rings is 2. The van der Waals surface area contributed by atoms with E-state index >= 15 is 0 Å². The highest BCUT2D eigenvalue weighted by atomic mass is 19.1. The highest BCUT2D eigenvalue weighted by Crippen LogP contribution is 2.37. The Morgan fingerprint density at radius 2 is 1.97 bits per heavy atom. The summed E-state index contributed by atoms with van der Waals surface area (Å²) in [5, 5.41) is 2.84. The van der Waals surface area contributed by atoms with Crippen molar-refractivity contribution in [2.24, 2.45) is 0 Å². The number of fused-ring (bicyclic) bond motifs is 1. The molecule has 1 heterocycles. The summed E-state index contributed by atoms with van der Waals surface area (Å²) < 4.78 is 19.9. The van der Waals surface area contributed by atoms with Crippen LogP contribution in [0.1, 0.15) is 56.8 Å². The molecule has 2 amide bonds. The predicted molar refractivity (Wildman–Crippen MR) is 114 cm³/mol. The normalized spacial score (nSPS) is 16.7. The quantitative estimate of drug-likeness (QED) is 0.780. The standard InChI is InChI=1S/C24H29FN2O3/c1-5-22(28)27-12-11-17-9-10-20(30-16(4)24(29)26-15(2)3)14-21(17)23(27)18-7-6-8-19(25)13-18/h6-10,13-16,23H,5,11-12H2,1-4H3,(H,26,29). The second kappa shape index (κ2) is 9.28. The van der Waals surface area contributed by atoms with E-state index in [1.165, 1.54) is 12.1 Å². The van der Waals surface area contributed by atoms with Crippen LogP contribution < -0.4 is 10.1 Å². The van der Waals surface area contributed by atoms with E-state index in [1.54, 1.807) is 17.9 Å². The molecule has 1 N–H and O–H groups in total. The smallest absolute Gasteiger partial charge is 0.260 e. The topological polar surface area (TPSA) is 58.6 Å². The number of ether oxygens (including phenoxy) is 1. The molecule has 160 valence electrons. The molecule has 2 atom stereocenters. The molecule has 0 bridgehead atoms. The highest BCUT2D eigenvalue weighted by Gasteiger charge is 2.32. The van der Waals surface area contributed by atoms with Gasteiger partial charge >= 0.3 is 0 Å². The minimum absolute atomic E-state index is 0.0194. The van der Waals surface area contributed by atoms with Gasteiger partial charge in [-0.1, -0.05) is 25.1 Å². The third-order valence-electron chi connectivity index (χ3n) is 5.25. The summed E-state index contributed by atoms with van der Waals surface area (Å²) in [5.41, 5.74) is 2.72. The maximum absolute atomic E-state index is 14.0. The maximum Gasteiger partial charge on any atom is 0.260 e. The zero-order valence-corrected chi connectivity index (χ0v) is 17.9. The first-order valence-corrected chi connectivity index (χ1v) is 10.4. The minimum Gasteiger partial charge on any atom is -0.481 e. The van der Waals surface area contributed by atoms with E-state index in [9.17, 15) is 14.0 Å². The molecule has 30 heavy (non-hydrogen) atoms. The van der Waals surface area contributed by atoms with E-state index in [2.05, 4.69) is 5.32 Å². The third-order valence-corrected chi connectivity index (χ3v) is 5.25. The molecule has 0 fully saturated rings. The number of halogens is 1. The van der Waals surface area contributed by atoms with Crippen molar-refractivity contribution in [3.8, 4) is 5.75 Å². The van der Waals surface area contributed by atoms with Crippen LogP contribution in [0.2, 0.25) is 0 Å². The van der Waals surface area contributed by atoms with Crippen molar-refractivity contribution in [1.82, 2.24) is 10.2 Å². The summed E-state index contributed by atoms with van der Waals surface area (Å²) in [6, 6.07) is 11.7. The average Bonchev–Trinajstić information content (AvgIpc) is 2.71. The van der Waals surface area contributed by atoms with Crippen molar-refractivity contribution in [1.29, 1.82) is 0 Å². The lowest BCUT2D eigenvalue weighted by Crippen LogP contribution is -2.41. The second-order valence-corrected chi connectivity index (χ2v) is 7.93. The van der Waals surface area contributed by atoms with Crippen molar-refractivity contribution >= 4 is 11.8 Å². The number of carbonyl (C=O) groups excluding carboxylic acids is 2. The van der Waals surface area contributed by atoms with Crippen LogP contribution in [0.4, 0.5) is 4.39 Å². The van der Waals surface area contributed by atoms with E-state index in [4.69, 9.17) is 4.74 Å². The van der Waals surface area contributed by atoms with Gasteiger partial charge in [-0.15, -0.1) is 0 Å². The van der Waals surface area contributed by atoms with Crippen LogP contribution in [-0.2, 0) is 16.0 Å². The van der Waals surface area contributed by atoms with Gasteiger partial charge in [0.05, 0.1) is 6.04 Å². The Balaban J connectivity index is 1.97. The molecule has 5 nitrogen and oxygen atoms in total. The molecule has 0 saturated heterocycles. The van der Waals surface area contributed by atoms with Crippen molar-refractivity contribution in [3.63, 3.8) is 0 Å². The molecule has 2 unspecified atom stereocenters. The van der Waals surface area contributed by atoms with E-state index in [0.29, 0.717) is 18.7 Å². The van der Waals surface area contributed by atoms with Gasteiger partial charge in [0.1, 0.15) is 11.6 Å². The van der Waals surface area contributed by atoms with E-state index in [-0.39, 0.29) is 29.7 Å². The molecule has 1 aliphatic heterocycles. The lowest BCUT2D eigenvalue weighted by atomic mass is 9.87. The molecule has 0 aromatic heterocycles. The Labute approximate surface area is 177 Å². The number of amides is 2. The van der Waals surface area contributed by atoms with Gasteiger partial charge in [0, 0.05) is 19.0 Å². The summed E-state index contributed by atoms with van der Waals surface area (Å²) in [6.45, 7) is 7.90. The monoisotopic (exact) mass is 412 g/mol. The number of nitrogens with zero attached hydrogens (tertiary/aromatic N) is 1. The average molecular weight is 413 g/mol. The van der Waals surface area contributed by atoms with Crippen LogP contribution >= 0.6 is 0 Å². The van der Waals surface area contributed by atoms with Gasteiger partial charge in [-0.3, -0.25) is 9.59 Å². The zero-order valence-electron chi connectivity index (χ0n) is 17.9. The van der Waals surface area contributed by atoms with Gasteiger partial charge in [-0.05, 0) is 68.1 Å². The van der Waals surface area contributed by atoms with Crippen molar-refractivity contribution < 1.29 is 18.7 Å². The van der Waals surface area contributed by atoms with Crippen LogP contribution in [0.15, 0.2) is 42.5 Å². The molecular weight excluding hydrogens is 383 g/mol. The fourth-order valence-corrected chi connectivity index (χ4v) is 3.83. The van der Waals surface area contributed by atoms with Crippen LogP contribution in [0, 0.1) is 5.82 Å². The van der Waals surface area contributed by atoms with Gasteiger partial charge in [0.25, 0.3) is 5.91 Å². The number of nitrogens with one attached hydrogen (secondary N) is 1. The van der Waals surface area contributed by atoms with E-state index in [1.807, 2.05) is 45.0 Å². The van der Waals surface area contributed by atoms with Crippen molar-refractivity contribution in [2.45, 2.75) is 58.7 Å². The Kier molecular flexibility index (Phi) is 6.75. The summed E-state index contributed by atoms with van der Waals surface area (Å²) in [4.78, 5) is 26.7. The predicted octanol–water partition coefficient (Wildman–Crippen LogP) is 4.00. The summed E-state index contributed by atoms with van der Waals surface area (Å²) in [5.74, 6) is 0.0420. The summed E-state index contributed by atoms with van der Waals surface area (Å²) >= 11 is 0. The highest BCUT2D eigenvalue weighted by molar-refractivity contribution is 5.81. The first kappa shape index (κ1) is 21.8. The molecule has 3 rings (SSSR count). The van der Waals surface area contributed by atoms with Crippen LogP contribution in [0.3, 0.4) is 0 Å². The summed E-state index contributed by atoms with van der Waals surface area (Å²) in [6.07, 6.45) is 0.440. The Morgan fingerprint density at radius 3 is 2.63 bits per heavy atom. The number of rotatable bonds is 6. The number of carbonyl (C=O) groups is 2. The van der Waals surface area contributed by atoms with Crippen molar-refractivity contribution in [2.75, 3.05) is 6.54 Å². The fourth-order valence-electron chi connectivity index (χ4n) is 3.83. The maximum atomic E-state index is 14.0. The molecule has 2 aromatic carbocycles. The first-order chi connectivity index (χ1) is 14.3. The molecule has 1 aliphatic rings. The van der Waals surface area contributed by atoms with Gasteiger partial charge in [0.15, 0.2) is 6.10 Å². The molecule has 0 spiro atoms. The van der Waals surface area contributed by atoms with Gasteiger partial charge in [0.2, 0.25) is 5.91 Å². The third kappa shape index (κ3) is 4.81. The zero-order chi connectivity index (χ0) is 21.8. The Bertz CT molecular complexity index is 928. The molecule has 0 radical (unpaired) electrons. The van der Waals surface area contributed by atoms with Gasteiger partial charge in [-0.25, -0.2) is 4.39 Å². The van der Waals surface area contributed by atoms with Crippen molar-refractivity contribution in [3.05, 3.63) is 65.0 Å². The number of hydrogen-bond donors (Lipinski definition) is 1. The van der Waals surface area contributed by atoms with Crippen LogP contribution in [0.25, 0.3) is 0 Å². The Morgan fingerprint density at radius 1 is 1.20 bits per heavy atom. The lowest BCUT2D eigenvalue weighted by Gasteiger charge is -2.38. The first-order valence-electron chi connectivity index (χ1n) is 10.4. The lowest BCUT2D eigenvalue weighted by molar-refractivity contribution is -0.133. The van der Waals surface area contributed by atoms with E-state index in [0.717, 1.165) is 23.1 Å². The largest absolute Gasteiger partial charge is 0.481 e. The molecule has 2 aromatic rings. The molecule has 6 heteroatoms. The minimum atomic E-state index is -0.657. The van der Waals surface area contributed by atoms with E-state index < -0.39 is 6.10 Å². The van der Waals surface area contributed by atoms with Crippen LogP contribution in [-0.4, -0.2) is 35.4 Å². The Hall–Kier alpha value is -2.89. The fraction of sp³-hybridized carbons (Fsp3) is 0.417. The SMILES string of the molecule is CCC(=O)N1CCc2ccc(OC(C)C(=O)NC(C)C)cc2C1c1cccc(F)c1. The summed E-state index contributed by atoms with van der Waals surface area (Å²) in [7, 11) is 0. The number of hydrogen-bond acceptors (Lipinski definition) is 3. The molecule has 0 saturated carbocycles.